The van der Waals surface area contributed by atoms with Crippen molar-refractivity contribution in [2.24, 2.45) is 5.92 Å². The van der Waals surface area contributed by atoms with E-state index in [4.69, 9.17) is 0 Å². The highest BCUT2D eigenvalue weighted by molar-refractivity contribution is 8.00. The standard InChI is InChI=1S/C15H24N2O3S/c1-2-13-17(12(9-21-13)14(18)19)15(20)16-8-7-10-5-3-4-6-11(10)16/h10-13H,2-9H2,1H3,(H,18,19). The Hall–Kier alpha value is -0.910. The number of urea groups is 1. The molecule has 2 aliphatic heterocycles. The number of carbonyl (C=O) groups is 2. The molecule has 21 heavy (non-hydrogen) atoms. The molecular formula is C15H24N2O3S. The number of likely N-dealkylation sites (tertiary alicyclic amines) is 1. The van der Waals surface area contributed by atoms with Crippen molar-refractivity contribution in [3.63, 3.8) is 0 Å². The summed E-state index contributed by atoms with van der Waals surface area (Å²) in [6.45, 7) is 2.83. The molecule has 118 valence electrons. The number of fused-ring (bicyclic) bond motifs is 1. The van der Waals surface area contributed by atoms with Crippen LogP contribution < -0.4 is 0 Å². The Morgan fingerprint density at radius 2 is 2.00 bits per heavy atom. The minimum absolute atomic E-state index is 0.0150. The van der Waals surface area contributed by atoms with Gasteiger partial charge in [-0.3, -0.25) is 4.90 Å². The molecule has 5 nitrogen and oxygen atoms in total. The fraction of sp³-hybridized carbons (Fsp3) is 0.867. The van der Waals surface area contributed by atoms with Crippen LogP contribution in [-0.4, -0.2) is 56.7 Å². The molecule has 3 fully saturated rings. The molecule has 0 aromatic carbocycles. The topological polar surface area (TPSA) is 60.9 Å². The normalized spacial score (nSPS) is 35.9. The van der Waals surface area contributed by atoms with E-state index in [1.54, 1.807) is 16.7 Å². The van der Waals surface area contributed by atoms with Crippen LogP contribution in [0.3, 0.4) is 0 Å². The van der Waals surface area contributed by atoms with Gasteiger partial charge in [-0.25, -0.2) is 9.59 Å². The fourth-order valence-corrected chi connectivity index (χ4v) is 5.46. The summed E-state index contributed by atoms with van der Waals surface area (Å²) in [5.41, 5.74) is 0. The largest absolute Gasteiger partial charge is 0.480 e. The number of carboxylic acid groups (broad SMARTS) is 1. The summed E-state index contributed by atoms with van der Waals surface area (Å²) in [5, 5.41) is 9.41. The lowest BCUT2D eigenvalue weighted by molar-refractivity contribution is -0.141. The molecule has 3 aliphatic rings. The lowest BCUT2D eigenvalue weighted by atomic mass is 9.85. The van der Waals surface area contributed by atoms with Gasteiger partial charge in [-0.2, -0.15) is 0 Å². The highest BCUT2D eigenvalue weighted by atomic mass is 32.2. The van der Waals surface area contributed by atoms with E-state index in [1.165, 1.54) is 19.3 Å². The maximum atomic E-state index is 13.0. The number of carboxylic acids is 1. The van der Waals surface area contributed by atoms with Crippen LogP contribution in [0.4, 0.5) is 4.79 Å². The van der Waals surface area contributed by atoms with Gasteiger partial charge in [0.1, 0.15) is 6.04 Å². The van der Waals surface area contributed by atoms with E-state index >= 15 is 0 Å². The Balaban J connectivity index is 1.77. The van der Waals surface area contributed by atoms with E-state index in [0.717, 1.165) is 25.8 Å². The Kier molecular flexibility index (Phi) is 4.33. The first kappa shape index (κ1) is 15.0. The maximum absolute atomic E-state index is 13.0. The molecule has 2 amide bonds. The summed E-state index contributed by atoms with van der Waals surface area (Å²) in [5.74, 6) is 0.286. The van der Waals surface area contributed by atoms with Gasteiger partial charge < -0.3 is 10.0 Å². The zero-order valence-electron chi connectivity index (χ0n) is 12.5. The molecule has 1 saturated carbocycles. The molecule has 1 N–H and O–H groups in total. The fourth-order valence-electron chi connectivity index (χ4n) is 4.12. The number of hydrogen-bond donors (Lipinski definition) is 1. The van der Waals surface area contributed by atoms with E-state index in [-0.39, 0.29) is 11.4 Å². The molecule has 0 radical (unpaired) electrons. The van der Waals surface area contributed by atoms with Crippen molar-refractivity contribution in [3.05, 3.63) is 0 Å². The highest BCUT2D eigenvalue weighted by Crippen LogP contribution is 2.39. The second-order valence-corrected chi connectivity index (χ2v) is 7.54. The third kappa shape index (κ3) is 2.62. The van der Waals surface area contributed by atoms with Crippen LogP contribution in [0.2, 0.25) is 0 Å². The van der Waals surface area contributed by atoms with Crippen molar-refractivity contribution >= 4 is 23.8 Å². The zero-order chi connectivity index (χ0) is 15.0. The Morgan fingerprint density at radius 1 is 1.24 bits per heavy atom. The molecule has 0 spiro atoms. The number of carbonyl (C=O) groups excluding carboxylic acids is 1. The first-order valence-corrected chi connectivity index (χ1v) is 9.11. The third-order valence-electron chi connectivity index (χ3n) is 5.20. The van der Waals surface area contributed by atoms with Crippen molar-refractivity contribution < 1.29 is 14.7 Å². The van der Waals surface area contributed by atoms with Crippen LogP contribution in [0.5, 0.6) is 0 Å². The average Bonchev–Trinajstić information content (AvgIpc) is 3.10. The van der Waals surface area contributed by atoms with Crippen LogP contribution in [0.1, 0.15) is 45.4 Å². The van der Waals surface area contributed by atoms with E-state index in [1.807, 2.05) is 11.8 Å². The smallest absolute Gasteiger partial charge is 0.327 e. The monoisotopic (exact) mass is 312 g/mol. The van der Waals surface area contributed by atoms with Crippen molar-refractivity contribution in [2.75, 3.05) is 12.3 Å². The summed E-state index contributed by atoms with van der Waals surface area (Å²) in [7, 11) is 0. The molecule has 0 bridgehead atoms. The molecule has 2 saturated heterocycles. The van der Waals surface area contributed by atoms with Crippen molar-refractivity contribution in [1.29, 1.82) is 0 Å². The first-order chi connectivity index (χ1) is 10.1. The van der Waals surface area contributed by atoms with Crippen LogP contribution in [0, 0.1) is 5.92 Å². The number of nitrogens with zero attached hydrogens (tertiary/aromatic N) is 2. The van der Waals surface area contributed by atoms with E-state index in [9.17, 15) is 14.7 Å². The number of hydrogen-bond acceptors (Lipinski definition) is 3. The molecule has 1 aliphatic carbocycles. The van der Waals surface area contributed by atoms with Crippen LogP contribution in [0.15, 0.2) is 0 Å². The van der Waals surface area contributed by atoms with Gasteiger partial charge >= 0.3 is 12.0 Å². The molecule has 6 heteroatoms. The van der Waals surface area contributed by atoms with Crippen LogP contribution in [-0.2, 0) is 4.79 Å². The lowest BCUT2D eigenvalue weighted by Crippen LogP contribution is -2.53. The van der Waals surface area contributed by atoms with Gasteiger partial charge in [0.25, 0.3) is 0 Å². The maximum Gasteiger partial charge on any atom is 0.327 e. The second kappa shape index (κ2) is 6.07. The van der Waals surface area contributed by atoms with Gasteiger partial charge in [-0.1, -0.05) is 19.8 Å². The van der Waals surface area contributed by atoms with Gasteiger partial charge in [0, 0.05) is 18.3 Å². The van der Waals surface area contributed by atoms with Crippen molar-refractivity contribution in [1.82, 2.24) is 9.80 Å². The number of aliphatic carboxylic acids is 1. The molecular weight excluding hydrogens is 288 g/mol. The zero-order valence-corrected chi connectivity index (χ0v) is 13.3. The molecule has 4 atom stereocenters. The number of amides is 2. The molecule has 4 unspecified atom stereocenters. The highest BCUT2D eigenvalue weighted by Gasteiger charge is 2.46. The lowest BCUT2D eigenvalue weighted by Gasteiger charge is -2.36. The Labute approximate surface area is 130 Å². The van der Waals surface area contributed by atoms with Gasteiger partial charge in [-0.15, -0.1) is 11.8 Å². The summed E-state index contributed by atoms with van der Waals surface area (Å²) in [6, 6.07) is -0.340. The summed E-state index contributed by atoms with van der Waals surface area (Å²) >= 11 is 1.60. The van der Waals surface area contributed by atoms with Crippen molar-refractivity contribution in [3.8, 4) is 0 Å². The van der Waals surface area contributed by atoms with E-state index in [0.29, 0.717) is 17.7 Å². The summed E-state index contributed by atoms with van der Waals surface area (Å²) in [4.78, 5) is 28.0. The van der Waals surface area contributed by atoms with E-state index in [2.05, 4.69) is 0 Å². The van der Waals surface area contributed by atoms with Crippen LogP contribution in [0.25, 0.3) is 0 Å². The SMILES string of the molecule is CCC1SCC(C(=O)O)N1C(=O)N1CCC2CCCCC21. The second-order valence-electron chi connectivity index (χ2n) is 6.33. The number of thioether (sulfide) groups is 1. The predicted molar refractivity (Wildman–Crippen MR) is 82.3 cm³/mol. The molecule has 2 heterocycles. The van der Waals surface area contributed by atoms with Crippen molar-refractivity contribution in [2.45, 2.75) is 62.9 Å². The predicted octanol–water partition coefficient (Wildman–Crippen LogP) is 2.61. The molecule has 0 aromatic rings. The van der Waals surface area contributed by atoms with E-state index < -0.39 is 12.0 Å². The quantitative estimate of drug-likeness (QED) is 0.851. The summed E-state index contributed by atoms with van der Waals surface area (Å²) in [6.07, 6.45) is 6.68. The van der Waals surface area contributed by atoms with Gasteiger partial charge in [0.2, 0.25) is 0 Å². The third-order valence-corrected chi connectivity index (χ3v) is 6.66. The van der Waals surface area contributed by atoms with Gasteiger partial charge in [0.05, 0.1) is 5.37 Å². The molecule has 3 rings (SSSR count). The van der Waals surface area contributed by atoms with Crippen LogP contribution >= 0.6 is 11.8 Å². The molecule has 0 aromatic heterocycles. The summed E-state index contributed by atoms with van der Waals surface area (Å²) < 4.78 is 0. The van der Waals surface area contributed by atoms with Gasteiger partial charge in [-0.05, 0) is 31.6 Å². The minimum Gasteiger partial charge on any atom is -0.480 e. The van der Waals surface area contributed by atoms with Gasteiger partial charge in [0.15, 0.2) is 0 Å². The number of rotatable bonds is 2. The Bertz CT molecular complexity index is 431. The first-order valence-electron chi connectivity index (χ1n) is 8.06. The Morgan fingerprint density at radius 3 is 2.71 bits per heavy atom. The average molecular weight is 312 g/mol. The minimum atomic E-state index is -0.869.